The lowest BCUT2D eigenvalue weighted by molar-refractivity contribution is -0.385. The molecule has 6 heteroatoms. The minimum absolute atomic E-state index is 0.0161. The highest BCUT2D eigenvalue weighted by Gasteiger charge is 2.22. The van der Waals surface area contributed by atoms with Gasteiger partial charge in [0, 0.05) is 5.54 Å². The van der Waals surface area contributed by atoms with Crippen LogP contribution in [0.25, 0.3) is 0 Å². The van der Waals surface area contributed by atoms with Gasteiger partial charge in [-0.3, -0.25) is 10.1 Å². The second-order valence-corrected chi connectivity index (χ2v) is 4.41. The van der Waals surface area contributed by atoms with Crippen LogP contribution in [-0.4, -0.2) is 17.1 Å². The summed E-state index contributed by atoms with van der Waals surface area (Å²) in [7, 11) is 0. The third-order valence-electron chi connectivity index (χ3n) is 3.22. The fraction of sp³-hybridized carbons (Fsp3) is 0.462. The van der Waals surface area contributed by atoms with Gasteiger partial charge in [-0.15, -0.1) is 0 Å². The second-order valence-electron chi connectivity index (χ2n) is 4.41. The first-order chi connectivity index (χ1) is 8.95. The van der Waals surface area contributed by atoms with E-state index in [-0.39, 0.29) is 17.9 Å². The van der Waals surface area contributed by atoms with E-state index in [0.29, 0.717) is 5.75 Å². The number of benzene rings is 1. The minimum Gasteiger partial charge on any atom is -0.491 e. The van der Waals surface area contributed by atoms with Crippen LogP contribution in [0.2, 0.25) is 0 Å². The molecule has 102 valence electrons. The van der Waals surface area contributed by atoms with Gasteiger partial charge in [-0.05, 0) is 25.0 Å². The fourth-order valence-corrected chi connectivity index (χ4v) is 1.53. The van der Waals surface area contributed by atoms with E-state index in [1.807, 2.05) is 13.8 Å². The van der Waals surface area contributed by atoms with Gasteiger partial charge in [0.15, 0.2) is 0 Å². The van der Waals surface area contributed by atoms with E-state index in [9.17, 15) is 10.1 Å². The maximum absolute atomic E-state index is 10.8. The predicted octanol–water partition coefficient (Wildman–Crippen LogP) is 2.36. The van der Waals surface area contributed by atoms with Crippen LogP contribution in [0.5, 0.6) is 5.75 Å². The molecule has 19 heavy (non-hydrogen) atoms. The van der Waals surface area contributed by atoms with Gasteiger partial charge in [-0.2, -0.15) is 5.26 Å². The first kappa shape index (κ1) is 14.9. The molecule has 0 aromatic heterocycles. The molecule has 1 rings (SSSR count). The van der Waals surface area contributed by atoms with Crippen LogP contribution in [0.4, 0.5) is 5.69 Å². The number of nitriles is 1. The van der Waals surface area contributed by atoms with Crippen molar-refractivity contribution in [2.24, 2.45) is 5.73 Å². The van der Waals surface area contributed by atoms with Crippen molar-refractivity contribution < 1.29 is 9.66 Å². The molecule has 0 heterocycles. The van der Waals surface area contributed by atoms with E-state index in [2.05, 4.69) is 0 Å². The number of hydrogen-bond acceptors (Lipinski definition) is 5. The summed E-state index contributed by atoms with van der Waals surface area (Å²) in [6.07, 6.45) is 1.50. The van der Waals surface area contributed by atoms with Gasteiger partial charge in [0.05, 0.1) is 11.0 Å². The molecule has 2 N–H and O–H groups in total. The molecule has 1 aromatic rings. The summed E-state index contributed by atoms with van der Waals surface area (Å²) in [4.78, 5) is 10.2. The molecule has 0 atom stereocenters. The lowest BCUT2D eigenvalue weighted by atomic mass is 9.96. The summed E-state index contributed by atoms with van der Waals surface area (Å²) in [5.74, 6) is 0.349. The molecule has 0 aliphatic rings. The van der Waals surface area contributed by atoms with Gasteiger partial charge in [0.25, 0.3) is 5.69 Å². The van der Waals surface area contributed by atoms with Crippen LogP contribution < -0.4 is 10.5 Å². The number of nitrogens with two attached hydrogens (primary N) is 1. The number of hydrogen-bond donors (Lipinski definition) is 1. The zero-order chi connectivity index (χ0) is 14.5. The van der Waals surface area contributed by atoms with Gasteiger partial charge in [-0.25, -0.2) is 0 Å². The Labute approximate surface area is 111 Å². The average molecular weight is 263 g/mol. The van der Waals surface area contributed by atoms with Gasteiger partial charge in [0.1, 0.15) is 24.0 Å². The Balaban J connectivity index is 2.90. The molecule has 0 fully saturated rings. The van der Waals surface area contributed by atoms with E-state index in [1.54, 1.807) is 6.07 Å². The maximum atomic E-state index is 10.8. The SMILES string of the molecule is CCC(N)(CC)COc1ccc(C#N)c([N+](=O)[O-])c1. The molecule has 0 saturated carbocycles. The van der Waals surface area contributed by atoms with Crippen molar-refractivity contribution in [1.29, 1.82) is 5.26 Å². The maximum Gasteiger partial charge on any atom is 0.290 e. The standard InChI is InChI=1S/C13H17N3O3/c1-3-13(15,4-2)9-19-11-6-5-10(8-14)12(7-11)16(17)18/h5-7H,3-4,9,15H2,1-2H3. The largest absolute Gasteiger partial charge is 0.491 e. The van der Waals surface area contributed by atoms with Crippen molar-refractivity contribution in [3.63, 3.8) is 0 Å². The Morgan fingerprint density at radius 2 is 2.11 bits per heavy atom. The van der Waals surface area contributed by atoms with Crippen LogP contribution in [0.1, 0.15) is 32.3 Å². The third kappa shape index (κ3) is 3.66. The topological polar surface area (TPSA) is 102 Å². The van der Waals surface area contributed by atoms with Gasteiger partial charge >= 0.3 is 0 Å². The fourth-order valence-electron chi connectivity index (χ4n) is 1.53. The highest BCUT2D eigenvalue weighted by atomic mass is 16.6. The zero-order valence-corrected chi connectivity index (χ0v) is 11.0. The molecule has 0 saturated heterocycles. The van der Waals surface area contributed by atoms with Crippen molar-refractivity contribution in [3.8, 4) is 11.8 Å². The lowest BCUT2D eigenvalue weighted by Crippen LogP contribution is -2.44. The molecule has 0 aliphatic carbocycles. The van der Waals surface area contributed by atoms with E-state index in [4.69, 9.17) is 15.7 Å². The molecule has 0 aliphatic heterocycles. The molecule has 6 nitrogen and oxygen atoms in total. The van der Waals surface area contributed by atoms with Crippen molar-refractivity contribution in [3.05, 3.63) is 33.9 Å². The summed E-state index contributed by atoms with van der Waals surface area (Å²) in [6, 6.07) is 5.95. The zero-order valence-electron chi connectivity index (χ0n) is 11.0. The smallest absolute Gasteiger partial charge is 0.290 e. The Hall–Kier alpha value is -2.13. The highest BCUT2D eigenvalue weighted by Crippen LogP contribution is 2.25. The lowest BCUT2D eigenvalue weighted by Gasteiger charge is -2.26. The van der Waals surface area contributed by atoms with E-state index >= 15 is 0 Å². The normalized spacial score (nSPS) is 10.8. The molecule has 0 bridgehead atoms. The van der Waals surface area contributed by atoms with E-state index in [0.717, 1.165) is 12.8 Å². The molecule has 0 amide bonds. The van der Waals surface area contributed by atoms with Crippen LogP contribution >= 0.6 is 0 Å². The van der Waals surface area contributed by atoms with Crippen LogP contribution in [0.3, 0.4) is 0 Å². The van der Waals surface area contributed by atoms with Crippen molar-refractivity contribution in [2.75, 3.05) is 6.61 Å². The van der Waals surface area contributed by atoms with Crippen LogP contribution in [-0.2, 0) is 0 Å². The molecular weight excluding hydrogens is 246 g/mol. The summed E-state index contributed by atoms with van der Waals surface area (Å²) >= 11 is 0. The molecule has 1 aromatic carbocycles. The second kappa shape index (κ2) is 6.16. The number of rotatable bonds is 6. The minimum atomic E-state index is -0.596. The first-order valence-corrected chi connectivity index (χ1v) is 6.06. The van der Waals surface area contributed by atoms with Gasteiger partial charge in [0.2, 0.25) is 0 Å². The molecule has 0 radical (unpaired) electrons. The monoisotopic (exact) mass is 263 g/mol. The van der Waals surface area contributed by atoms with Crippen molar-refractivity contribution >= 4 is 5.69 Å². The Bertz CT molecular complexity index is 504. The molecule has 0 unspecified atom stereocenters. The highest BCUT2D eigenvalue weighted by molar-refractivity contribution is 5.52. The van der Waals surface area contributed by atoms with Crippen LogP contribution in [0.15, 0.2) is 18.2 Å². The Kier molecular flexibility index (Phi) is 4.84. The Morgan fingerprint density at radius 3 is 2.58 bits per heavy atom. The van der Waals surface area contributed by atoms with Crippen LogP contribution in [0, 0.1) is 21.4 Å². The summed E-state index contributed by atoms with van der Waals surface area (Å²) in [5.41, 5.74) is 5.41. The van der Waals surface area contributed by atoms with Gasteiger partial charge in [-0.1, -0.05) is 13.8 Å². The van der Waals surface area contributed by atoms with Crippen molar-refractivity contribution in [2.45, 2.75) is 32.2 Å². The van der Waals surface area contributed by atoms with Crippen molar-refractivity contribution in [1.82, 2.24) is 0 Å². The quantitative estimate of drug-likeness (QED) is 0.627. The summed E-state index contributed by atoms with van der Waals surface area (Å²) < 4.78 is 5.50. The number of nitro benzene ring substituents is 1. The summed E-state index contributed by atoms with van der Waals surface area (Å²) in [6.45, 7) is 4.21. The molecular formula is C13H17N3O3. The molecule has 0 spiro atoms. The predicted molar refractivity (Wildman–Crippen MR) is 70.8 cm³/mol. The average Bonchev–Trinajstić information content (AvgIpc) is 2.44. The number of nitrogens with zero attached hydrogens (tertiary/aromatic N) is 2. The number of ether oxygens (including phenoxy) is 1. The summed E-state index contributed by atoms with van der Waals surface area (Å²) in [5, 5.41) is 19.6. The van der Waals surface area contributed by atoms with E-state index in [1.165, 1.54) is 18.2 Å². The number of nitro groups is 1. The Morgan fingerprint density at radius 1 is 1.47 bits per heavy atom. The van der Waals surface area contributed by atoms with E-state index < -0.39 is 10.5 Å². The third-order valence-corrected chi connectivity index (χ3v) is 3.22. The first-order valence-electron chi connectivity index (χ1n) is 6.06. The van der Waals surface area contributed by atoms with Gasteiger partial charge < -0.3 is 10.5 Å².